The highest BCUT2D eigenvalue weighted by Gasteiger charge is 2.38. The average Bonchev–Trinajstić information content (AvgIpc) is 3.11. The summed E-state index contributed by atoms with van der Waals surface area (Å²) < 4.78 is 0.796. The molecule has 26 heavy (non-hydrogen) atoms. The molecule has 0 aromatic carbocycles. The van der Waals surface area contributed by atoms with Gasteiger partial charge in [-0.15, -0.1) is 9.81 Å². The molecule has 0 spiro atoms. The third-order valence-electron chi connectivity index (χ3n) is 4.15. The summed E-state index contributed by atoms with van der Waals surface area (Å²) in [6.07, 6.45) is 0. The van der Waals surface area contributed by atoms with Crippen LogP contribution in [0.2, 0.25) is 0 Å². The maximum absolute atomic E-state index is 11.2. The van der Waals surface area contributed by atoms with Crippen LogP contribution in [0, 0.1) is 33.5 Å². The topological polar surface area (TPSA) is 58.9 Å². The highest BCUT2D eigenvalue weighted by molar-refractivity contribution is 8.90. The van der Waals surface area contributed by atoms with Crippen molar-refractivity contribution >= 4 is 64.8 Å². The second-order valence-corrected chi connectivity index (χ2v) is 14.8. The van der Waals surface area contributed by atoms with Gasteiger partial charge in [0.05, 0.1) is 20.6 Å². The zero-order valence-corrected chi connectivity index (χ0v) is 20.5. The van der Waals surface area contributed by atoms with Crippen LogP contribution in [0.3, 0.4) is 0 Å². The van der Waals surface area contributed by atoms with Crippen LogP contribution in [0.4, 0.5) is 0 Å². The van der Waals surface area contributed by atoms with Gasteiger partial charge in [0.1, 0.15) is 0 Å². The molecule has 0 radical (unpaired) electrons. The van der Waals surface area contributed by atoms with Gasteiger partial charge < -0.3 is 0 Å². The Bertz CT molecular complexity index is 556. The van der Waals surface area contributed by atoms with Crippen molar-refractivity contribution in [2.24, 2.45) is 34.0 Å². The van der Waals surface area contributed by atoms with E-state index >= 15 is 0 Å². The maximum Gasteiger partial charge on any atom is 0.0980 e. The molecule has 146 valence electrons. The van der Waals surface area contributed by atoms with E-state index in [2.05, 4.69) is 24.2 Å². The lowest BCUT2D eigenvalue weighted by Gasteiger charge is -2.18. The first-order valence-electron chi connectivity index (χ1n) is 8.45. The lowest BCUT2D eigenvalue weighted by atomic mass is 10.1. The Labute approximate surface area is 179 Å². The standard InChI is InChI=1S/C16H24N2O2S6/c1-7(2)11(17-19)13-9(5)15(23-21-13)25-26-16-10(6)14(22-24-16)12(18-20)8(3)4/h7-10,15-16H,1-6H3/b13-11-,14-12-. The van der Waals surface area contributed by atoms with Gasteiger partial charge in [-0.1, -0.05) is 106 Å². The molecule has 2 aliphatic rings. The Morgan fingerprint density at radius 1 is 0.808 bits per heavy atom. The van der Waals surface area contributed by atoms with Gasteiger partial charge in [0.15, 0.2) is 0 Å². The Balaban J connectivity index is 2.00. The van der Waals surface area contributed by atoms with E-state index in [1.807, 2.05) is 70.9 Å². The molecule has 2 fully saturated rings. The Kier molecular flexibility index (Phi) is 9.34. The van der Waals surface area contributed by atoms with Gasteiger partial charge in [-0.25, -0.2) is 0 Å². The van der Waals surface area contributed by atoms with Crippen molar-refractivity contribution in [3.05, 3.63) is 31.0 Å². The molecular formula is C16H24N2O2S6. The molecule has 2 aliphatic heterocycles. The second-order valence-electron chi connectivity index (χ2n) is 6.86. The third kappa shape index (κ3) is 5.23. The van der Waals surface area contributed by atoms with E-state index in [1.165, 1.54) is 0 Å². The van der Waals surface area contributed by atoms with Crippen molar-refractivity contribution in [3.8, 4) is 0 Å². The zero-order chi connectivity index (χ0) is 19.4. The van der Waals surface area contributed by atoms with Gasteiger partial charge in [-0.2, -0.15) is 0 Å². The van der Waals surface area contributed by atoms with Crippen molar-refractivity contribution < 1.29 is 0 Å². The van der Waals surface area contributed by atoms with Crippen LogP contribution in [-0.2, 0) is 0 Å². The maximum atomic E-state index is 11.2. The predicted molar refractivity (Wildman–Crippen MR) is 127 cm³/mol. The second kappa shape index (κ2) is 10.5. The summed E-state index contributed by atoms with van der Waals surface area (Å²) in [4.78, 5) is 24.6. The lowest BCUT2D eigenvalue weighted by molar-refractivity contribution is 0.710. The van der Waals surface area contributed by atoms with Crippen molar-refractivity contribution in [3.63, 3.8) is 0 Å². The summed E-state index contributed by atoms with van der Waals surface area (Å²) in [6.45, 7) is 12.5. The average molecular weight is 469 g/mol. The van der Waals surface area contributed by atoms with Crippen LogP contribution in [-0.4, -0.2) is 9.16 Å². The lowest BCUT2D eigenvalue weighted by Crippen LogP contribution is -2.10. The van der Waals surface area contributed by atoms with Gasteiger partial charge in [-0.3, -0.25) is 0 Å². The van der Waals surface area contributed by atoms with E-state index in [-0.39, 0.29) is 11.8 Å². The molecule has 2 saturated heterocycles. The van der Waals surface area contributed by atoms with Crippen LogP contribution in [0.5, 0.6) is 0 Å². The molecule has 0 N–H and O–H groups in total. The molecule has 0 aromatic rings. The van der Waals surface area contributed by atoms with Crippen molar-refractivity contribution in [1.29, 1.82) is 0 Å². The molecule has 4 unspecified atom stereocenters. The number of rotatable bonds is 7. The number of nitroso groups, excluding NO2 is 2. The SMILES string of the molecule is CC(C)/C(N=O)=C1/SSC(SSC2SS/C(=C(\N=O)C(C)C)C2C)C1C. The largest absolute Gasteiger partial charge is 0.145 e. The fraction of sp³-hybridized carbons (Fsp3) is 0.750. The molecule has 0 bridgehead atoms. The summed E-state index contributed by atoms with van der Waals surface area (Å²) in [7, 11) is 10.8. The quantitative estimate of drug-likeness (QED) is 0.273. The highest BCUT2D eigenvalue weighted by Crippen LogP contribution is 2.63. The fourth-order valence-electron chi connectivity index (χ4n) is 2.49. The molecule has 10 heteroatoms. The predicted octanol–water partition coefficient (Wildman–Crippen LogP) is 8.35. The third-order valence-corrected chi connectivity index (χ3v) is 15.5. The first kappa shape index (κ1) is 23.1. The van der Waals surface area contributed by atoms with Crippen molar-refractivity contribution in [2.45, 2.75) is 50.7 Å². The van der Waals surface area contributed by atoms with E-state index in [0.29, 0.717) is 32.4 Å². The molecule has 0 amide bonds. The summed E-state index contributed by atoms with van der Waals surface area (Å²) in [5, 5.41) is 6.57. The Hall–Kier alpha value is 0.780. The van der Waals surface area contributed by atoms with E-state index in [0.717, 1.165) is 9.81 Å². The number of hydrogen-bond donors (Lipinski definition) is 0. The first-order chi connectivity index (χ1) is 12.3. The molecule has 4 atom stereocenters. The smallest absolute Gasteiger partial charge is 0.0980 e. The normalized spacial score (nSPS) is 33.1. The van der Waals surface area contributed by atoms with E-state index in [1.54, 1.807) is 21.6 Å². The fourth-order valence-corrected chi connectivity index (χ4v) is 15.3. The van der Waals surface area contributed by atoms with Crippen LogP contribution in [0.25, 0.3) is 0 Å². The molecule has 0 aromatic heterocycles. The molecule has 0 aliphatic carbocycles. The first-order valence-corrected chi connectivity index (χ1v) is 15.2. The highest BCUT2D eigenvalue weighted by atomic mass is 33.2. The Morgan fingerprint density at radius 3 is 1.42 bits per heavy atom. The summed E-state index contributed by atoms with van der Waals surface area (Å²) in [5.41, 5.74) is 1.40. The van der Waals surface area contributed by atoms with Crippen molar-refractivity contribution in [1.82, 2.24) is 0 Å². The summed E-state index contributed by atoms with van der Waals surface area (Å²) in [6, 6.07) is 0. The monoisotopic (exact) mass is 468 g/mol. The summed E-state index contributed by atoms with van der Waals surface area (Å²) in [5.74, 6) is 0.971. The molecule has 4 nitrogen and oxygen atoms in total. The molecular weight excluding hydrogens is 445 g/mol. The van der Waals surface area contributed by atoms with E-state index < -0.39 is 0 Å². The van der Waals surface area contributed by atoms with Crippen LogP contribution in [0.1, 0.15) is 41.5 Å². The minimum absolute atomic E-state index is 0.161. The van der Waals surface area contributed by atoms with E-state index in [9.17, 15) is 9.81 Å². The van der Waals surface area contributed by atoms with E-state index in [4.69, 9.17) is 0 Å². The van der Waals surface area contributed by atoms with Gasteiger partial charge >= 0.3 is 0 Å². The molecule has 2 rings (SSSR count). The molecule has 2 heterocycles. The van der Waals surface area contributed by atoms with Gasteiger partial charge in [0.2, 0.25) is 0 Å². The Morgan fingerprint density at radius 2 is 1.15 bits per heavy atom. The van der Waals surface area contributed by atoms with Gasteiger partial charge in [-0.05, 0) is 22.2 Å². The van der Waals surface area contributed by atoms with Gasteiger partial charge in [0, 0.05) is 21.6 Å². The minimum Gasteiger partial charge on any atom is -0.145 e. The minimum atomic E-state index is 0.161. The molecule has 0 saturated carbocycles. The van der Waals surface area contributed by atoms with Crippen LogP contribution in [0.15, 0.2) is 31.6 Å². The van der Waals surface area contributed by atoms with Crippen molar-refractivity contribution in [2.75, 3.05) is 0 Å². The zero-order valence-electron chi connectivity index (χ0n) is 15.6. The number of hydrogen-bond acceptors (Lipinski definition) is 10. The van der Waals surface area contributed by atoms with Crippen LogP contribution >= 0.6 is 64.8 Å². The van der Waals surface area contributed by atoms with Gasteiger partial charge in [0.25, 0.3) is 0 Å². The number of nitrogens with zero attached hydrogens (tertiary/aromatic N) is 2. The number of allylic oxidation sites excluding steroid dienone is 4. The van der Waals surface area contributed by atoms with Crippen LogP contribution < -0.4 is 0 Å². The summed E-state index contributed by atoms with van der Waals surface area (Å²) >= 11 is 0.